The van der Waals surface area contributed by atoms with E-state index < -0.39 is 0 Å². The van der Waals surface area contributed by atoms with Crippen LogP contribution < -0.4 is 0 Å². The van der Waals surface area contributed by atoms with Crippen LogP contribution in [0.15, 0.2) is 180 Å². The Morgan fingerprint density at radius 1 is 0.314 bits per heavy atom. The van der Waals surface area contributed by atoms with Gasteiger partial charge in [-0.1, -0.05) is 152 Å². The summed E-state index contributed by atoms with van der Waals surface area (Å²) in [5, 5.41) is 6.74. The summed E-state index contributed by atoms with van der Waals surface area (Å²) in [6, 6.07) is 61.1. The number of hydrogen-bond donors (Lipinski definition) is 0. The van der Waals surface area contributed by atoms with Gasteiger partial charge in [0, 0.05) is 27.5 Å². The molecule has 2 aromatic heterocycles. The van der Waals surface area contributed by atoms with Crippen molar-refractivity contribution in [2.45, 2.75) is 0 Å². The average Bonchev–Trinajstić information content (AvgIpc) is 3.60. The predicted octanol–water partition coefficient (Wildman–Crippen LogP) is 12.4. The molecule has 0 amide bonds. The van der Waals surface area contributed by atoms with Crippen LogP contribution in [0.3, 0.4) is 0 Å². The van der Waals surface area contributed by atoms with Crippen molar-refractivity contribution < 1.29 is 4.42 Å². The lowest BCUT2D eigenvalue weighted by Gasteiger charge is -2.13. The van der Waals surface area contributed by atoms with Crippen LogP contribution in [0.4, 0.5) is 0 Å². The lowest BCUT2D eigenvalue weighted by molar-refractivity contribution is 0.669. The van der Waals surface area contributed by atoms with Gasteiger partial charge in [-0.2, -0.15) is 0 Å². The minimum absolute atomic E-state index is 0.599. The molecule has 4 heteroatoms. The SMILES string of the molecule is c1ccc(-c2ccc(-c3nc(-c4ccc5c(-c6ccccc6)cc6ccccc6c5c4)nc(-c4cccc5oc6ccccc6c45)n3)cc2)cc1. The minimum atomic E-state index is 0.599. The highest BCUT2D eigenvalue weighted by Crippen LogP contribution is 2.39. The summed E-state index contributed by atoms with van der Waals surface area (Å²) >= 11 is 0. The van der Waals surface area contributed by atoms with Gasteiger partial charge in [0.25, 0.3) is 0 Å². The Labute approximate surface area is 294 Å². The molecule has 0 spiro atoms. The molecular formula is C47H29N3O. The van der Waals surface area contributed by atoms with Crippen molar-refractivity contribution in [3.63, 3.8) is 0 Å². The molecule has 0 N–H and O–H groups in total. The zero-order valence-electron chi connectivity index (χ0n) is 27.5. The Hall–Kier alpha value is -6.91. The summed E-state index contributed by atoms with van der Waals surface area (Å²) in [6.45, 7) is 0. The largest absolute Gasteiger partial charge is 0.456 e. The zero-order valence-corrected chi connectivity index (χ0v) is 27.5. The molecule has 0 aliphatic heterocycles. The van der Waals surface area contributed by atoms with Crippen LogP contribution in [0, 0.1) is 0 Å². The lowest BCUT2D eigenvalue weighted by atomic mass is 9.92. The van der Waals surface area contributed by atoms with Crippen molar-refractivity contribution in [3.8, 4) is 56.4 Å². The van der Waals surface area contributed by atoms with E-state index in [1.165, 1.54) is 27.3 Å². The number of aromatic nitrogens is 3. The van der Waals surface area contributed by atoms with E-state index in [9.17, 15) is 0 Å². The summed E-state index contributed by atoms with van der Waals surface area (Å²) in [4.78, 5) is 15.5. The highest BCUT2D eigenvalue weighted by molar-refractivity contribution is 6.15. The third-order valence-corrected chi connectivity index (χ3v) is 9.73. The van der Waals surface area contributed by atoms with Crippen LogP contribution in [-0.4, -0.2) is 15.0 Å². The van der Waals surface area contributed by atoms with Crippen molar-refractivity contribution in [1.29, 1.82) is 0 Å². The Balaban J connectivity index is 1.20. The quantitative estimate of drug-likeness (QED) is 0.174. The standard InChI is InChI=1S/C47H29N3O/c1-3-12-30(13-4-1)31-22-24-33(25-23-31)45-48-46(50-47(49-45)39-19-11-21-43-44(39)38-18-9-10-20-42(38)51-43)35-26-27-37-40(32-14-5-2-6-15-32)28-34-16-7-8-17-36(34)41(37)29-35/h1-29H. The molecule has 238 valence electrons. The van der Waals surface area contributed by atoms with Gasteiger partial charge in [0.15, 0.2) is 17.5 Å². The Morgan fingerprint density at radius 2 is 0.902 bits per heavy atom. The fraction of sp³-hybridized carbons (Fsp3) is 0. The number of benzene rings is 8. The molecule has 8 aromatic carbocycles. The van der Waals surface area contributed by atoms with Gasteiger partial charge in [-0.25, -0.2) is 15.0 Å². The molecule has 0 atom stereocenters. The Bertz CT molecular complexity index is 2900. The molecular weight excluding hydrogens is 623 g/mol. The molecule has 0 bridgehead atoms. The molecule has 0 saturated carbocycles. The van der Waals surface area contributed by atoms with Crippen LogP contribution in [0.25, 0.3) is 99.9 Å². The summed E-state index contributed by atoms with van der Waals surface area (Å²) in [5.74, 6) is 1.83. The fourth-order valence-corrected chi connectivity index (χ4v) is 7.26. The van der Waals surface area contributed by atoms with Crippen LogP contribution in [0.2, 0.25) is 0 Å². The van der Waals surface area contributed by atoms with Gasteiger partial charge < -0.3 is 4.42 Å². The van der Waals surface area contributed by atoms with E-state index in [2.05, 4.69) is 140 Å². The molecule has 2 heterocycles. The molecule has 0 radical (unpaired) electrons. The molecule has 0 saturated heterocycles. The summed E-state index contributed by atoms with van der Waals surface area (Å²) < 4.78 is 6.27. The van der Waals surface area contributed by atoms with E-state index in [1.807, 2.05) is 36.4 Å². The van der Waals surface area contributed by atoms with Crippen LogP contribution in [-0.2, 0) is 0 Å². The summed E-state index contributed by atoms with van der Waals surface area (Å²) in [5.41, 5.74) is 9.07. The smallest absolute Gasteiger partial charge is 0.164 e. The second-order valence-corrected chi connectivity index (χ2v) is 12.8. The minimum Gasteiger partial charge on any atom is -0.456 e. The maximum Gasteiger partial charge on any atom is 0.164 e. The zero-order chi connectivity index (χ0) is 33.7. The van der Waals surface area contributed by atoms with Crippen molar-refractivity contribution in [2.24, 2.45) is 0 Å². The molecule has 0 fully saturated rings. The van der Waals surface area contributed by atoms with Gasteiger partial charge >= 0.3 is 0 Å². The maximum atomic E-state index is 6.27. The summed E-state index contributed by atoms with van der Waals surface area (Å²) in [6.07, 6.45) is 0. The number of furan rings is 1. The molecule has 51 heavy (non-hydrogen) atoms. The second-order valence-electron chi connectivity index (χ2n) is 12.8. The van der Waals surface area contributed by atoms with E-state index in [-0.39, 0.29) is 0 Å². The number of rotatable bonds is 5. The van der Waals surface area contributed by atoms with Crippen LogP contribution in [0.5, 0.6) is 0 Å². The van der Waals surface area contributed by atoms with Gasteiger partial charge in [0.1, 0.15) is 11.2 Å². The average molecular weight is 652 g/mol. The van der Waals surface area contributed by atoms with Gasteiger partial charge in [-0.3, -0.25) is 0 Å². The number of hydrogen-bond acceptors (Lipinski definition) is 4. The Kier molecular flexibility index (Phi) is 6.78. The molecule has 10 rings (SSSR count). The first-order chi connectivity index (χ1) is 25.3. The monoisotopic (exact) mass is 651 g/mol. The van der Waals surface area contributed by atoms with Crippen LogP contribution >= 0.6 is 0 Å². The second kappa shape index (κ2) is 11.9. The molecule has 4 nitrogen and oxygen atoms in total. The van der Waals surface area contributed by atoms with E-state index in [0.717, 1.165) is 55.1 Å². The summed E-state index contributed by atoms with van der Waals surface area (Å²) in [7, 11) is 0. The Morgan fingerprint density at radius 3 is 1.71 bits per heavy atom. The van der Waals surface area contributed by atoms with Gasteiger partial charge in [0.05, 0.1) is 0 Å². The van der Waals surface area contributed by atoms with Gasteiger partial charge in [-0.05, 0) is 68.1 Å². The first kappa shape index (κ1) is 29.0. The lowest BCUT2D eigenvalue weighted by Crippen LogP contribution is -2.00. The van der Waals surface area contributed by atoms with Crippen molar-refractivity contribution >= 4 is 43.5 Å². The molecule has 0 unspecified atom stereocenters. The number of nitrogens with zero attached hydrogens (tertiary/aromatic N) is 3. The van der Waals surface area contributed by atoms with Crippen molar-refractivity contribution in [3.05, 3.63) is 176 Å². The third-order valence-electron chi connectivity index (χ3n) is 9.73. The molecule has 0 aliphatic rings. The molecule has 10 aromatic rings. The number of para-hydroxylation sites is 1. The highest BCUT2D eigenvalue weighted by atomic mass is 16.3. The van der Waals surface area contributed by atoms with Gasteiger partial charge in [0.2, 0.25) is 0 Å². The first-order valence-electron chi connectivity index (χ1n) is 17.1. The maximum absolute atomic E-state index is 6.27. The van der Waals surface area contributed by atoms with Crippen molar-refractivity contribution in [2.75, 3.05) is 0 Å². The predicted molar refractivity (Wildman–Crippen MR) is 209 cm³/mol. The van der Waals surface area contributed by atoms with E-state index in [0.29, 0.717) is 17.5 Å². The van der Waals surface area contributed by atoms with E-state index >= 15 is 0 Å². The normalized spacial score (nSPS) is 11.5. The third kappa shape index (κ3) is 5.04. The molecule has 0 aliphatic carbocycles. The van der Waals surface area contributed by atoms with E-state index in [1.54, 1.807) is 0 Å². The first-order valence-corrected chi connectivity index (χ1v) is 17.1. The fourth-order valence-electron chi connectivity index (χ4n) is 7.26. The van der Waals surface area contributed by atoms with Gasteiger partial charge in [-0.15, -0.1) is 0 Å². The topological polar surface area (TPSA) is 51.8 Å². The highest BCUT2D eigenvalue weighted by Gasteiger charge is 2.19. The van der Waals surface area contributed by atoms with E-state index in [4.69, 9.17) is 19.4 Å². The van der Waals surface area contributed by atoms with Crippen molar-refractivity contribution in [1.82, 2.24) is 15.0 Å². The number of fused-ring (bicyclic) bond motifs is 6. The van der Waals surface area contributed by atoms with Crippen LogP contribution in [0.1, 0.15) is 0 Å².